The topological polar surface area (TPSA) is 74.7 Å². The van der Waals surface area contributed by atoms with E-state index in [1.807, 2.05) is 0 Å². The van der Waals surface area contributed by atoms with E-state index < -0.39 is 29.4 Å². The zero-order chi connectivity index (χ0) is 15.3. The van der Waals surface area contributed by atoms with Gasteiger partial charge < -0.3 is 5.11 Å². The maximum absolute atomic E-state index is 13.2. The van der Waals surface area contributed by atoms with Gasteiger partial charge in [0.25, 0.3) is 11.8 Å². The molecule has 1 aromatic carbocycles. The second kappa shape index (κ2) is 4.45. The summed E-state index contributed by atoms with van der Waals surface area (Å²) in [5.74, 6) is -5.56. The molecule has 8 heteroatoms. The van der Waals surface area contributed by atoms with Crippen molar-refractivity contribution in [1.29, 1.82) is 0 Å². The number of fused-ring (bicyclic) bond motifs is 1. The molecule has 0 atom stereocenters. The SMILES string of the molecule is O=C(O)c1sccc1N1C(=O)c2cc(F)c(F)cc2C1=O. The first-order valence-corrected chi connectivity index (χ1v) is 6.48. The van der Waals surface area contributed by atoms with Gasteiger partial charge in [0.15, 0.2) is 11.6 Å². The van der Waals surface area contributed by atoms with Crippen molar-refractivity contribution in [3.05, 3.63) is 51.2 Å². The van der Waals surface area contributed by atoms with E-state index in [9.17, 15) is 23.2 Å². The van der Waals surface area contributed by atoms with Crippen molar-refractivity contribution in [2.24, 2.45) is 0 Å². The number of thiophene rings is 1. The Morgan fingerprint density at radius 3 is 2.10 bits per heavy atom. The van der Waals surface area contributed by atoms with Crippen molar-refractivity contribution in [3.63, 3.8) is 0 Å². The molecular weight excluding hydrogens is 304 g/mol. The van der Waals surface area contributed by atoms with E-state index in [4.69, 9.17) is 5.11 Å². The third-order valence-electron chi connectivity index (χ3n) is 3.01. The molecule has 0 aliphatic carbocycles. The molecule has 5 nitrogen and oxygen atoms in total. The highest BCUT2D eigenvalue weighted by atomic mass is 32.1. The fraction of sp³-hybridized carbons (Fsp3) is 0. The predicted molar refractivity (Wildman–Crippen MR) is 68.8 cm³/mol. The normalized spacial score (nSPS) is 13.7. The van der Waals surface area contributed by atoms with Gasteiger partial charge in [-0.05, 0) is 23.6 Å². The lowest BCUT2D eigenvalue weighted by Gasteiger charge is -2.12. The molecule has 0 fully saturated rings. The Bertz CT molecular complexity index is 773. The Morgan fingerprint density at radius 2 is 1.62 bits per heavy atom. The molecule has 1 aromatic heterocycles. The number of carbonyl (C=O) groups excluding carboxylic acids is 2. The molecule has 3 rings (SSSR count). The van der Waals surface area contributed by atoms with Crippen molar-refractivity contribution in [3.8, 4) is 0 Å². The average molecular weight is 309 g/mol. The van der Waals surface area contributed by atoms with Crippen LogP contribution < -0.4 is 4.90 Å². The third-order valence-corrected chi connectivity index (χ3v) is 3.90. The highest BCUT2D eigenvalue weighted by Crippen LogP contribution is 2.34. The second-order valence-corrected chi connectivity index (χ2v) is 5.11. The summed E-state index contributed by atoms with van der Waals surface area (Å²) in [4.78, 5) is 35.8. The van der Waals surface area contributed by atoms with Gasteiger partial charge in [-0.2, -0.15) is 0 Å². The predicted octanol–water partition coefficient (Wildman–Crippen LogP) is 2.53. The second-order valence-electron chi connectivity index (χ2n) is 4.20. The number of amides is 2. The van der Waals surface area contributed by atoms with Crippen LogP contribution in [0.2, 0.25) is 0 Å². The largest absolute Gasteiger partial charge is 0.477 e. The quantitative estimate of drug-likeness (QED) is 0.865. The number of nitrogens with zero attached hydrogens (tertiary/aromatic N) is 1. The monoisotopic (exact) mass is 309 g/mol. The maximum Gasteiger partial charge on any atom is 0.348 e. The van der Waals surface area contributed by atoms with Crippen LogP contribution in [0.25, 0.3) is 0 Å². The van der Waals surface area contributed by atoms with Gasteiger partial charge in [0.2, 0.25) is 0 Å². The maximum atomic E-state index is 13.2. The molecule has 0 unspecified atom stereocenters. The highest BCUT2D eigenvalue weighted by molar-refractivity contribution is 7.12. The highest BCUT2D eigenvalue weighted by Gasteiger charge is 2.39. The molecular formula is C13H5F2NO4S. The number of imide groups is 1. The molecule has 0 saturated heterocycles. The van der Waals surface area contributed by atoms with E-state index in [0.717, 1.165) is 11.3 Å². The van der Waals surface area contributed by atoms with Crippen molar-refractivity contribution in [2.75, 3.05) is 4.90 Å². The minimum Gasteiger partial charge on any atom is -0.477 e. The fourth-order valence-corrected chi connectivity index (χ4v) is 2.81. The van der Waals surface area contributed by atoms with E-state index >= 15 is 0 Å². The summed E-state index contributed by atoms with van der Waals surface area (Å²) in [5.41, 5.74) is -0.692. The molecule has 2 aromatic rings. The van der Waals surface area contributed by atoms with Gasteiger partial charge in [-0.15, -0.1) is 11.3 Å². The molecule has 21 heavy (non-hydrogen) atoms. The summed E-state index contributed by atoms with van der Waals surface area (Å²) in [7, 11) is 0. The van der Waals surface area contributed by atoms with Gasteiger partial charge >= 0.3 is 5.97 Å². The first kappa shape index (κ1) is 13.4. The van der Waals surface area contributed by atoms with Crippen LogP contribution in [0.5, 0.6) is 0 Å². The molecule has 2 heterocycles. The first-order valence-electron chi connectivity index (χ1n) is 5.60. The van der Waals surface area contributed by atoms with E-state index in [0.29, 0.717) is 17.0 Å². The lowest BCUT2D eigenvalue weighted by molar-refractivity contribution is 0.0703. The van der Waals surface area contributed by atoms with E-state index in [1.54, 1.807) is 0 Å². The number of rotatable bonds is 2. The van der Waals surface area contributed by atoms with Gasteiger partial charge in [-0.3, -0.25) is 9.59 Å². The van der Waals surface area contributed by atoms with Crippen LogP contribution in [0.3, 0.4) is 0 Å². The fourth-order valence-electron chi connectivity index (χ4n) is 2.09. The van der Waals surface area contributed by atoms with Crippen LogP contribution in [0.1, 0.15) is 30.4 Å². The summed E-state index contributed by atoms with van der Waals surface area (Å²) in [6, 6.07) is 2.57. The van der Waals surface area contributed by atoms with Crippen LogP contribution in [-0.4, -0.2) is 22.9 Å². The molecule has 1 N–H and O–H groups in total. The van der Waals surface area contributed by atoms with Gasteiger partial charge in [-0.25, -0.2) is 18.5 Å². The standard InChI is InChI=1S/C13H5F2NO4S/c14-7-3-5-6(4-8(7)15)12(18)16(11(5)17)9-1-2-21-10(9)13(19)20/h1-4H,(H,19,20). The number of carbonyl (C=O) groups is 3. The lowest BCUT2D eigenvalue weighted by atomic mass is 10.1. The average Bonchev–Trinajstić information content (AvgIpc) is 2.97. The van der Waals surface area contributed by atoms with Crippen LogP contribution in [0, 0.1) is 11.6 Å². The van der Waals surface area contributed by atoms with Crippen LogP contribution in [0.15, 0.2) is 23.6 Å². The summed E-state index contributed by atoms with van der Waals surface area (Å²) >= 11 is 0.840. The number of carboxylic acid groups (broad SMARTS) is 1. The van der Waals surface area contributed by atoms with Crippen LogP contribution >= 0.6 is 11.3 Å². The van der Waals surface area contributed by atoms with E-state index in [1.165, 1.54) is 11.4 Å². The Labute approximate surface area is 120 Å². The Morgan fingerprint density at radius 1 is 1.10 bits per heavy atom. The zero-order valence-electron chi connectivity index (χ0n) is 10.1. The van der Waals surface area contributed by atoms with Crippen LogP contribution in [-0.2, 0) is 0 Å². The molecule has 0 saturated carbocycles. The van der Waals surface area contributed by atoms with Crippen molar-refractivity contribution in [2.45, 2.75) is 0 Å². The first-order chi connectivity index (χ1) is 9.91. The number of hydrogen-bond acceptors (Lipinski definition) is 4. The number of hydrogen-bond donors (Lipinski definition) is 1. The molecule has 2 amide bonds. The van der Waals surface area contributed by atoms with Gasteiger partial charge in [0.05, 0.1) is 16.8 Å². The zero-order valence-corrected chi connectivity index (χ0v) is 10.9. The summed E-state index contributed by atoms with van der Waals surface area (Å²) in [6.45, 7) is 0. The molecule has 0 spiro atoms. The van der Waals surface area contributed by atoms with Gasteiger partial charge in [0.1, 0.15) is 4.88 Å². The number of aromatic carboxylic acids is 1. The van der Waals surface area contributed by atoms with Crippen molar-refractivity contribution in [1.82, 2.24) is 0 Å². The molecule has 0 radical (unpaired) electrons. The Hall–Kier alpha value is -2.61. The number of anilines is 1. The van der Waals surface area contributed by atoms with Gasteiger partial charge in [0, 0.05) is 0 Å². The number of halogens is 2. The minimum atomic E-state index is -1.30. The lowest BCUT2D eigenvalue weighted by Crippen LogP contribution is -2.30. The number of benzene rings is 1. The summed E-state index contributed by atoms with van der Waals surface area (Å²) in [5, 5.41) is 10.4. The van der Waals surface area contributed by atoms with Crippen molar-refractivity contribution < 1.29 is 28.3 Å². The Kier molecular flexibility index (Phi) is 2.84. The minimum absolute atomic E-state index is 0.112. The summed E-state index contributed by atoms with van der Waals surface area (Å²) in [6.07, 6.45) is 0. The van der Waals surface area contributed by atoms with E-state index in [-0.39, 0.29) is 21.7 Å². The smallest absolute Gasteiger partial charge is 0.348 e. The third kappa shape index (κ3) is 1.83. The van der Waals surface area contributed by atoms with Gasteiger partial charge in [-0.1, -0.05) is 0 Å². The number of carboxylic acids is 1. The van der Waals surface area contributed by atoms with Crippen molar-refractivity contribution >= 4 is 34.8 Å². The molecule has 1 aliphatic heterocycles. The summed E-state index contributed by atoms with van der Waals surface area (Å²) < 4.78 is 26.4. The van der Waals surface area contributed by atoms with E-state index in [2.05, 4.69) is 0 Å². The molecule has 1 aliphatic rings. The Balaban J connectivity index is 2.16. The molecule has 0 bridgehead atoms. The molecule has 106 valence electrons. The van der Waals surface area contributed by atoms with Crippen LogP contribution in [0.4, 0.5) is 14.5 Å².